The Morgan fingerprint density at radius 2 is 2.11 bits per heavy atom. The highest BCUT2D eigenvalue weighted by Crippen LogP contribution is 2.43. The van der Waals surface area contributed by atoms with Crippen LogP contribution < -0.4 is 5.73 Å². The summed E-state index contributed by atoms with van der Waals surface area (Å²) in [6.45, 7) is 0. The first-order valence-corrected chi connectivity index (χ1v) is 7.44. The van der Waals surface area contributed by atoms with E-state index in [0.717, 1.165) is 42.1 Å². The minimum Gasteiger partial charge on any atom is -0.469 e. The second-order valence-electron chi connectivity index (χ2n) is 5.41. The lowest BCUT2D eigenvalue weighted by atomic mass is 9.99. The number of aromatic nitrogens is 1. The van der Waals surface area contributed by atoms with Gasteiger partial charge < -0.3 is 10.2 Å². The summed E-state index contributed by atoms with van der Waals surface area (Å²) < 4.78 is 5.51. The molecule has 2 N–H and O–H groups in total. The highest BCUT2D eigenvalue weighted by molar-refractivity contribution is 7.12. The van der Waals surface area contributed by atoms with E-state index in [9.17, 15) is 0 Å². The molecule has 2 aliphatic carbocycles. The van der Waals surface area contributed by atoms with Gasteiger partial charge in [0.2, 0.25) is 0 Å². The van der Waals surface area contributed by atoms with Gasteiger partial charge in [-0.05, 0) is 25.3 Å². The van der Waals surface area contributed by atoms with Gasteiger partial charge in [-0.2, -0.15) is 0 Å². The average Bonchev–Trinajstić information content (AvgIpc) is 3.05. The van der Waals surface area contributed by atoms with Crippen molar-refractivity contribution in [2.45, 2.75) is 44.1 Å². The van der Waals surface area contributed by atoms with Crippen molar-refractivity contribution in [2.24, 2.45) is 5.73 Å². The van der Waals surface area contributed by atoms with E-state index >= 15 is 0 Å². The van der Waals surface area contributed by atoms with Crippen LogP contribution in [0.1, 0.15) is 41.3 Å². The zero-order chi connectivity index (χ0) is 12.2. The number of fused-ring (bicyclic) bond motifs is 3. The highest BCUT2D eigenvalue weighted by Gasteiger charge is 2.36. The first kappa shape index (κ1) is 10.8. The molecule has 1 fully saturated rings. The smallest absolute Gasteiger partial charge is 0.113 e. The van der Waals surface area contributed by atoms with E-state index < -0.39 is 0 Å². The molecule has 0 atom stereocenters. The maximum Gasteiger partial charge on any atom is 0.113 e. The van der Waals surface area contributed by atoms with Crippen molar-refractivity contribution < 1.29 is 4.42 Å². The molecule has 0 aliphatic heterocycles. The molecule has 0 radical (unpaired) electrons. The van der Waals surface area contributed by atoms with Crippen LogP contribution in [-0.4, -0.2) is 4.98 Å². The van der Waals surface area contributed by atoms with Crippen LogP contribution in [-0.2, 0) is 18.4 Å². The largest absolute Gasteiger partial charge is 0.469 e. The summed E-state index contributed by atoms with van der Waals surface area (Å²) in [5, 5.41) is 1.14. The molecule has 0 unspecified atom stereocenters. The summed E-state index contributed by atoms with van der Waals surface area (Å²) in [7, 11) is 0. The monoisotopic (exact) mass is 260 g/mol. The van der Waals surface area contributed by atoms with E-state index in [1.807, 2.05) is 17.4 Å². The number of hydrogen-bond acceptors (Lipinski definition) is 4. The van der Waals surface area contributed by atoms with E-state index in [4.69, 9.17) is 15.1 Å². The Labute approximate surface area is 110 Å². The lowest BCUT2D eigenvalue weighted by Gasteiger charge is -2.19. The van der Waals surface area contributed by atoms with Crippen molar-refractivity contribution in [1.29, 1.82) is 0 Å². The van der Waals surface area contributed by atoms with Gasteiger partial charge in [0, 0.05) is 16.9 Å². The van der Waals surface area contributed by atoms with Gasteiger partial charge in [0.1, 0.15) is 10.8 Å². The van der Waals surface area contributed by atoms with Crippen molar-refractivity contribution in [3.8, 4) is 11.3 Å². The first-order chi connectivity index (χ1) is 8.76. The van der Waals surface area contributed by atoms with Crippen molar-refractivity contribution in [3.63, 3.8) is 0 Å². The maximum atomic E-state index is 6.51. The van der Waals surface area contributed by atoms with Crippen molar-refractivity contribution >= 4 is 11.3 Å². The predicted octanol–water partition coefficient (Wildman–Crippen LogP) is 3.23. The second kappa shape index (κ2) is 3.68. The molecular formula is C14H16N2OS. The van der Waals surface area contributed by atoms with Gasteiger partial charge >= 0.3 is 0 Å². The topological polar surface area (TPSA) is 52.0 Å². The molecule has 2 aromatic heterocycles. The van der Waals surface area contributed by atoms with Crippen LogP contribution >= 0.6 is 11.3 Å². The molecule has 3 nitrogen and oxygen atoms in total. The van der Waals surface area contributed by atoms with E-state index in [0.29, 0.717) is 0 Å². The molecule has 0 bridgehead atoms. The van der Waals surface area contributed by atoms with Gasteiger partial charge in [-0.25, -0.2) is 4.98 Å². The third-order valence-electron chi connectivity index (χ3n) is 4.20. The third-order valence-corrected chi connectivity index (χ3v) is 5.53. The third kappa shape index (κ3) is 1.42. The Balaban J connectivity index is 1.82. The molecule has 0 amide bonds. The molecule has 0 spiro atoms. The Morgan fingerprint density at radius 3 is 2.94 bits per heavy atom. The predicted molar refractivity (Wildman–Crippen MR) is 71.6 cm³/mol. The number of nitrogens with zero attached hydrogens (tertiary/aromatic N) is 1. The molecule has 2 aliphatic rings. The van der Waals surface area contributed by atoms with Crippen LogP contribution in [0.3, 0.4) is 0 Å². The zero-order valence-corrected chi connectivity index (χ0v) is 11.1. The van der Waals surface area contributed by atoms with Crippen LogP contribution in [0, 0.1) is 0 Å². The summed E-state index contributed by atoms with van der Waals surface area (Å²) in [5.41, 5.74) is 8.66. The minimum atomic E-state index is -0.161. The highest BCUT2D eigenvalue weighted by atomic mass is 32.1. The van der Waals surface area contributed by atoms with Crippen LogP contribution in [0.15, 0.2) is 16.7 Å². The lowest BCUT2D eigenvalue weighted by molar-refractivity contribution is 0.459. The van der Waals surface area contributed by atoms with Crippen LogP contribution in [0.5, 0.6) is 0 Å². The molecule has 2 aromatic rings. The van der Waals surface area contributed by atoms with Crippen molar-refractivity contribution in [3.05, 3.63) is 28.0 Å². The van der Waals surface area contributed by atoms with E-state index in [1.165, 1.54) is 23.3 Å². The van der Waals surface area contributed by atoms with E-state index in [-0.39, 0.29) is 5.54 Å². The number of hydrogen-bond donors (Lipinski definition) is 1. The lowest BCUT2D eigenvalue weighted by Crippen LogP contribution is -2.32. The number of furan rings is 1. The second-order valence-corrected chi connectivity index (χ2v) is 6.50. The molecule has 4 heteroatoms. The SMILES string of the molecule is NC1(c2nc3c(s2)CCc2occc2-3)CCCC1. The summed E-state index contributed by atoms with van der Waals surface area (Å²) >= 11 is 1.82. The number of rotatable bonds is 1. The molecular weight excluding hydrogens is 244 g/mol. The Bertz CT molecular complexity index is 593. The molecule has 18 heavy (non-hydrogen) atoms. The molecule has 94 valence electrons. The van der Waals surface area contributed by atoms with Gasteiger partial charge in [0.15, 0.2) is 0 Å². The van der Waals surface area contributed by atoms with Crippen molar-refractivity contribution in [2.75, 3.05) is 0 Å². The molecule has 4 rings (SSSR count). The Morgan fingerprint density at radius 1 is 1.28 bits per heavy atom. The Hall–Kier alpha value is -1.13. The minimum absolute atomic E-state index is 0.161. The van der Waals surface area contributed by atoms with Gasteiger partial charge in [-0.3, -0.25) is 0 Å². The standard InChI is InChI=1S/C14H16N2OS/c15-14(6-1-2-7-14)13-16-12-9-5-8-17-10(9)3-4-11(12)18-13/h5,8H,1-4,6-7,15H2. The summed E-state index contributed by atoms with van der Waals surface area (Å²) in [5.74, 6) is 1.08. The van der Waals surface area contributed by atoms with Gasteiger partial charge in [-0.15, -0.1) is 11.3 Å². The Kier molecular flexibility index (Phi) is 2.20. The normalized spacial score (nSPS) is 20.7. The average molecular weight is 260 g/mol. The quantitative estimate of drug-likeness (QED) is 0.856. The number of thiazole rings is 1. The maximum absolute atomic E-state index is 6.51. The van der Waals surface area contributed by atoms with Crippen LogP contribution in [0.25, 0.3) is 11.3 Å². The van der Waals surface area contributed by atoms with Gasteiger partial charge in [0.05, 0.1) is 17.5 Å². The van der Waals surface area contributed by atoms with E-state index in [1.54, 1.807) is 6.26 Å². The molecule has 2 heterocycles. The summed E-state index contributed by atoms with van der Waals surface area (Å²) in [4.78, 5) is 6.24. The molecule has 0 saturated heterocycles. The van der Waals surface area contributed by atoms with Crippen LogP contribution in [0.2, 0.25) is 0 Å². The fourth-order valence-corrected chi connectivity index (χ4v) is 4.37. The summed E-state index contributed by atoms with van der Waals surface area (Å²) in [6, 6.07) is 2.04. The van der Waals surface area contributed by atoms with E-state index in [2.05, 4.69) is 0 Å². The zero-order valence-electron chi connectivity index (χ0n) is 10.2. The summed E-state index contributed by atoms with van der Waals surface area (Å²) in [6.07, 6.45) is 8.44. The van der Waals surface area contributed by atoms with Gasteiger partial charge in [0.25, 0.3) is 0 Å². The number of aryl methyl sites for hydroxylation is 2. The van der Waals surface area contributed by atoms with Crippen molar-refractivity contribution in [1.82, 2.24) is 4.98 Å². The number of nitrogens with two attached hydrogens (primary N) is 1. The fraction of sp³-hybridized carbons (Fsp3) is 0.500. The van der Waals surface area contributed by atoms with Gasteiger partial charge in [-0.1, -0.05) is 12.8 Å². The first-order valence-electron chi connectivity index (χ1n) is 6.62. The molecule has 0 aromatic carbocycles. The fourth-order valence-electron chi connectivity index (χ4n) is 3.14. The van der Waals surface area contributed by atoms with Crippen LogP contribution in [0.4, 0.5) is 0 Å². The molecule has 1 saturated carbocycles.